The van der Waals surface area contributed by atoms with Crippen LogP contribution >= 0.6 is 12.4 Å². The summed E-state index contributed by atoms with van der Waals surface area (Å²) >= 11 is 0. The first kappa shape index (κ1) is 17.5. The number of nitrogens with zero attached hydrogens (tertiary/aromatic N) is 1. The highest BCUT2D eigenvalue weighted by Gasteiger charge is 2.30. The van der Waals surface area contributed by atoms with E-state index in [1.807, 2.05) is 30.3 Å². The van der Waals surface area contributed by atoms with Gasteiger partial charge in [-0.25, -0.2) is 0 Å². The van der Waals surface area contributed by atoms with E-state index in [2.05, 4.69) is 0 Å². The molecule has 21 heavy (non-hydrogen) atoms. The van der Waals surface area contributed by atoms with E-state index in [1.165, 1.54) is 5.56 Å². The summed E-state index contributed by atoms with van der Waals surface area (Å²) in [4.78, 5) is 24.2. The Bertz CT molecular complexity index is 466. The van der Waals surface area contributed by atoms with Crippen molar-refractivity contribution in [1.29, 1.82) is 0 Å². The standard InChI is InChI=1S/C15H19NO4.ClH/c17-14(16-8-6-13(10-16)15(18)19)11-20-9-7-12-4-2-1-3-5-12;/h1-5,13H,6-11H2,(H,18,19);1H. The van der Waals surface area contributed by atoms with Crippen molar-refractivity contribution in [2.45, 2.75) is 12.8 Å². The second kappa shape index (κ2) is 8.64. The number of aliphatic carboxylic acids is 1. The molecule has 5 nitrogen and oxygen atoms in total. The van der Waals surface area contributed by atoms with Crippen molar-refractivity contribution in [3.63, 3.8) is 0 Å². The van der Waals surface area contributed by atoms with E-state index in [1.54, 1.807) is 4.90 Å². The van der Waals surface area contributed by atoms with Crippen LogP contribution in [0.2, 0.25) is 0 Å². The summed E-state index contributed by atoms with van der Waals surface area (Å²) in [6.45, 7) is 1.33. The van der Waals surface area contributed by atoms with Crippen LogP contribution in [0.3, 0.4) is 0 Å². The zero-order chi connectivity index (χ0) is 14.4. The highest BCUT2D eigenvalue weighted by Crippen LogP contribution is 2.16. The van der Waals surface area contributed by atoms with Crippen LogP contribution in [0.15, 0.2) is 30.3 Å². The van der Waals surface area contributed by atoms with Gasteiger partial charge in [0.15, 0.2) is 0 Å². The van der Waals surface area contributed by atoms with Crippen molar-refractivity contribution in [2.24, 2.45) is 5.92 Å². The third-order valence-electron chi connectivity index (χ3n) is 3.49. The van der Waals surface area contributed by atoms with Gasteiger partial charge in [-0.1, -0.05) is 30.3 Å². The molecule has 116 valence electrons. The monoisotopic (exact) mass is 313 g/mol. The Morgan fingerprint density at radius 3 is 2.62 bits per heavy atom. The smallest absolute Gasteiger partial charge is 0.308 e. The lowest BCUT2D eigenvalue weighted by atomic mass is 10.1. The van der Waals surface area contributed by atoms with Crippen LogP contribution in [0.5, 0.6) is 0 Å². The van der Waals surface area contributed by atoms with Crippen LogP contribution in [-0.4, -0.2) is 48.2 Å². The van der Waals surface area contributed by atoms with Crippen LogP contribution in [0.4, 0.5) is 0 Å². The molecule has 6 heteroatoms. The molecule has 1 amide bonds. The maximum absolute atomic E-state index is 11.8. The van der Waals surface area contributed by atoms with E-state index < -0.39 is 11.9 Å². The number of hydrogen-bond donors (Lipinski definition) is 1. The van der Waals surface area contributed by atoms with Gasteiger partial charge in [-0.2, -0.15) is 0 Å². The molecule has 0 aromatic heterocycles. The molecule has 2 rings (SSSR count). The topological polar surface area (TPSA) is 66.8 Å². The van der Waals surface area contributed by atoms with Crippen molar-refractivity contribution < 1.29 is 19.4 Å². The van der Waals surface area contributed by atoms with Crippen molar-refractivity contribution in [3.8, 4) is 0 Å². The molecule has 0 aliphatic carbocycles. The van der Waals surface area contributed by atoms with Gasteiger partial charge in [0.2, 0.25) is 5.91 Å². The highest BCUT2D eigenvalue weighted by atomic mass is 35.5. The van der Waals surface area contributed by atoms with E-state index >= 15 is 0 Å². The quantitative estimate of drug-likeness (QED) is 0.810. The Labute approximate surface area is 130 Å². The number of rotatable bonds is 6. The van der Waals surface area contributed by atoms with Crippen LogP contribution in [-0.2, 0) is 20.7 Å². The molecule has 1 unspecified atom stereocenters. The molecule has 0 bridgehead atoms. The first-order valence-corrected chi connectivity index (χ1v) is 6.79. The van der Waals surface area contributed by atoms with E-state index in [9.17, 15) is 9.59 Å². The molecule has 1 fully saturated rings. The summed E-state index contributed by atoms with van der Waals surface area (Å²) in [7, 11) is 0. The van der Waals surface area contributed by atoms with Crippen LogP contribution in [0, 0.1) is 5.92 Å². The average molecular weight is 314 g/mol. The molecule has 0 spiro atoms. The molecular weight excluding hydrogens is 294 g/mol. The van der Waals surface area contributed by atoms with E-state index in [0.29, 0.717) is 26.1 Å². The van der Waals surface area contributed by atoms with Gasteiger partial charge in [0.05, 0.1) is 12.5 Å². The fourth-order valence-electron chi connectivity index (χ4n) is 2.27. The molecular formula is C15H20ClNO4. The minimum absolute atomic E-state index is 0. The number of ether oxygens (including phenoxy) is 1. The lowest BCUT2D eigenvalue weighted by Gasteiger charge is -2.15. The summed E-state index contributed by atoms with van der Waals surface area (Å²) in [5.41, 5.74) is 1.17. The number of carbonyl (C=O) groups is 2. The predicted molar refractivity (Wildman–Crippen MR) is 80.5 cm³/mol. The number of amides is 1. The van der Waals surface area contributed by atoms with Gasteiger partial charge < -0.3 is 14.7 Å². The zero-order valence-corrected chi connectivity index (χ0v) is 12.6. The summed E-state index contributed by atoms with van der Waals surface area (Å²) in [6.07, 6.45) is 1.30. The molecule has 1 aliphatic rings. The third kappa shape index (κ3) is 5.36. The van der Waals surface area contributed by atoms with Gasteiger partial charge in [0.25, 0.3) is 0 Å². The number of hydrogen-bond acceptors (Lipinski definition) is 3. The fourth-order valence-corrected chi connectivity index (χ4v) is 2.27. The Kier molecular flexibility index (Phi) is 7.19. The summed E-state index contributed by atoms with van der Waals surface area (Å²) in [5.74, 6) is -1.38. The average Bonchev–Trinajstić information content (AvgIpc) is 2.94. The molecule has 1 aromatic carbocycles. The summed E-state index contributed by atoms with van der Waals surface area (Å²) in [6, 6.07) is 9.93. The van der Waals surface area contributed by atoms with Crippen molar-refractivity contribution in [2.75, 3.05) is 26.3 Å². The minimum atomic E-state index is -0.828. The fraction of sp³-hybridized carbons (Fsp3) is 0.467. The normalized spacial score (nSPS) is 17.3. The summed E-state index contributed by atoms with van der Waals surface area (Å²) < 4.78 is 5.37. The first-order chi connectivity index (χ1) is 9.66. The van der Waals surface area contributed by atoms with E-state index in [4.69, 9.17) is 9.84 Å². The molecule has 0 radical (unpaired) electrons. The van der Waals surface area contributed by atoms with Crippen LogP contribution < -0.4 is 0 Å². The number of carboxylic acid groups (broad SMARTS) is 1. The minimum Gasteiger partial charge on any atom is -0.481 e. The van der Waals surface area contributed by atoms with Gasteiger partial charge >= 0.3 is 5.97 Å². The number of halogens is 1. The lowest BCUT2D eigenvalue weighted by Crippen LogP contribution is -2.33. The maximum atomic E-state index is 11.8. The maximum Gasteiger partial charge on any atom is 0.308 e. The van der Waals surface area contributed by atoms with Crippen LogP contribution in [0.25, 0.3) is 0 Å². The molecule has 1 atom stereocenters. The van der Waals surface area contributed by atoms with Gasteiger partial charge in [-0.15, -0.1) is 12.4 Å². The molecule has 1 saturated heterocycles. The molecule has 1 heterocycles. The number of carboxylic acids is 1. The van der Waals surface area contributed by atoms with Gasteiger partial charge in [0, 0.05) is 13.1 Å². The van der Waals surface area contributed by atoms with E-state index in [0.717, 1.165) is 6.42 Å². The number of benzene rings is 1. The van der Waals surface area contributed by atoms with E-state index in [-0.39, 0.29) is 24.9 Å². The summed E-state index contributed by atoms with van der Waals surface area (Å²) in [5, 5.41) is 8.88. The highest BCUT2D eigenvalue weighted by molar-refractivity contribution is 5.85. The SMILES string of the molecule is Cl.O=C(O)C1CCN(C(=O)COCCc2ccccc2)C1. The molecule has 1 aromatic rings. The lowest BCUT2D eigenvalue weighted by molar-refractivity contribution is -0.141. The van der Waals surface area contributed by atoms with Crippen molar-refractivity contribution in [3.05, 3.63) is 35.9 Å². The Morgan fingerprint density at radius 2 is 2.00 bits per heavy atom. The number of carbonyl (C=O) groups excluding carboxylic acids is 1. The predicted octanol–water partition coefficient (Wildman–Crippen LogP) is 1.60. The van der Waals surface area contributed by atoms with Gasteiger partial charge in [-0.3, -0.25) is 9.59 Å². The van der Waals surface area contributed by atoms with Gasteiger partial charge in [0.1, 0.15) is 6.61 Å². The van der Waals surface area contributed by atoms with Crippen LogP contribution in [0.1, 0.15) is 12.0 Å². The molecule has 0 saturated carbocycles. The number of likely N-dealkylation sites (tertiary alicyclic amines) is 1. The zero-order valence-electron chi connectivity index (χ0n) is 11.7. The largest absolute Gasteiger partial charge is 0.481 e. The Morgan fingerprint density at radius 1 is 1.29 bits per heavy atom. The van der Waals surface area contributed by atoms with Crippen molar-refractivity contribution in [1.82, 2.24) is 4.90 Å². The Balaban J connectivity index is 0.00000220. The Hall–Kier alpha value is -1.59. The third-order valence-corrected chi connectivity index (χ3v) is 3.49. The second-order valence-electron chi connectivity index (χ2n) is 4.95. The second-order valence-corrected chi connectivity index (χ2v) is 4.95. The van der Waals surface area contributed by atoms with Crippen molar-refractivity contribution >= 4 is 24.3 Å². The molecule has 1 aliphatic heterocycles. The van der Waals surface area contributed by atoms with Gasteiger partial charge in [-0.05, 0) is 18.4 Å². The first-order valence-electron chi connectivity index (χ1n) is 6.79. The molecule has 1 N–H and O–H groups in total.